The number of nitrogens with two attached hydrogens (primary N) is 1. The Kier molecular flexibility index (Phi) is 4.61. The summed E-state index contributed by atoms with van der Waals surface area (Å²) in [7, 11) is -3.79. The number of hydrogen-bond acceptors (Lipinski definition) is 7. The number of esters is 2. The largest absolute Gasteiger partial charge is 0.422 e. The summed E-state index contributed by atoms with van der Waals surface area (Å²) in [4.78, 5) is 28.3. The Bertz CT molecular complexity index is 790. The monoisotopic (exact) mass is 366 g/mol. The predicted octanol–water partition coefficient (Wildman–Crippen LogP) is 1.41. The van der Waals surface area contributed by atoms with Crippen molar-refractivity contribution in [2.24, 2.45) is 16.0 Å². The molecule has 1 aliphatic carbocycles. The van der Waals surface area contributed by atoms with E-state index in [-0.39, 0.29) is 4.90 Å². The molecule has 0 amide bonds. The predicted molar refractivity (Wildman–Crippen MR) is 87.5 cm³/mol. The first-order chi connectivity index (χ1) is 11.8. The quantitative estimate of drug-likeness (QED) is 0.490. The van der Waals surface area contributed by atoms with Gasteiger partial charge in [-0.3, -0.25) is 14.6 Å². The highest BCUT2D eigenvalue weighted by Crippen LogP contribution is 2.36. The van der Waals surface area contributed by atoms with Gasteiger partial charge < -0.3 is 9.47 Å². The smallest absolute Gasteiger partial charge is 0.329 e. The van der Waals surface area contributed by atoms with Crippen molar-refractivity contribution in [2.45, 2.75) is 42.8 Å². The Morgan fingerprint density at radius 2 is 1.60 bits per heavy atom. The lowest BCUT2D eigenvalue weighted by molar-refractivity contribution is -0.256. The van der Waals surface area contributed by atoms with E-state index in [4.69, 9.17) is 14.6 Å². The van der Waals surface area contributed by atoms with E-state index >= 15 is 0 Å². The average Bonchev–Trinajstić information content (AvgIpc) is 2.54. The molecule has 1 spiro atoms. The third kappa shape index (κ3) is 3.88. The van der Waals surface area contributed by atoms with Crippen LogP contribution in [0.15, 0.2) is 34.2 Å². The number of sulfonamides is 1. The van der Waals surface area contributed by atoms with E-state index in [1.165, 1.54) is 24.3 Å². The molecule has 1 saturated carbocycles. The van der Waals surface area contributed by atoms with Gasteiger partial charge in [0.2, 0.25) is 10.0 Å². The highest BCUT2D eigenvalue weighted by Gasteiger charge is 2.48. The number of aliphatic imine (C=N–C) groups is 1. The van der Waals surface area contributed by atoms with Crippen molar-refractivity contribution in [1.29, 1.82) is 0 Å². The summed E-state index contributed by atoms with van der Waals surface area (Å²) < 4.78 is 33.2. The Morgan fingerprint density at radius 3 is 2.12 bits per heavy atom. The Labute approximate surface area is 145 Å². The first-order valence-electron chi connectivity index (χ1n) is 7.92. The summed E-state index contributed by atoms with van der Waals surface area (Å²) in [5.41, 5.74) is 0.367. The number of nitrogens with zero attached hydrogens (tertiary/aromatic N) is 1. The molecular weight excluding hydrogens is 348 g/mol. The fraction of sp³-hybridized carbons (Fsp3) is 0.438. The summed E-state index contributed by atoms with van der Waals surface area (Å²) in [6.45, 7) is 0. The van der Waals surface area contributed by atoms with E-state index in [0.717, 1.165) is 25.5 Å². The molecule has 2 N–H and O–H groups in total. The van der Waals surface area contributed by atoms with Gasteiger partial charge in [0.15, 0.2) is 5.92 Å². The van der Waals surface area contributed by atoms with Crippen molar-refractivity contribution in [3.05, 3.63) is 24.3 Å². The first-order valence-corrected chi connectivity index (χ1v) is 9.47. The van der Waals surface area contributed by atoms with E-state index < -0.39 is 33.7 Å². The second kappa shape index (κ2) is 6.57. The molecule has 2 aliphatic rings. The van der Waals surface area contributed by atoms with Gasteiger partial charge in [-0.1, -0.05) is 6.42 Å². The highest BCUT2D eigenvalue weighted by molar-refractivity contribution is 7.89. The van der Waals surface area contributed by atoms with Gasteiger partial charge in [-0.2, -0.15) is 0 Å². The molecule has 1 heterocycles. The molecule has 1 aliphatic heterocycles. The molecule has 2 fully saturated rings. The van der Waals surface area contributed by atoms with Crippen LogP contribution in [0.2, 0.25) is 0 Å². The number of hydrogen-bond donors (Lipinski definition) is 1. The molecular formula is C16H18N2O6S. The maximum atomic E-state index is 12.2. The van der Waals surface area contributed by atoms with Gasteiger partial charge in [0, 0.05) is 19.1 Å². The molecule has 1 aromatic rings. The number of benzene rings is 1. The van der Waals surface area contributed by atoms with Crippen molar-refractivity contribution < 1.29 is 27.5 Å². The minimum atomic E-state index is -3.79. The number of rotatable bonds is 3. The highest BCUT2D eigenvalue weighted by atomic mass is 32.2. The molecule has 1 aromatic carbocycles. The molecule has 0 radical (unpaired) electrons. The minimum Gasteiger partial charge on any atom is -0.422 e. The van der Waals surface area contributed by atoms with Crippen LogP contribution in [0.5, 0.6) is 0 Å². The molecule has 134 valence electrons. The third-order valence-corrected chi connectivity index (χ3v) is 5.16. The van der Waals surface area contributed by atoms with Crippen molar-refractivity contribution in [3.8, 4) is 0 Å². The molecule has 0 atom stereocenters. The SMILES string of the molecule is NS(=O)(=O)c1ccc(N=CC2C(=O)OC3(CCCCC3)OC2=O)cc1. The minimum absolute atomic E-state index is 0.0535. The number of primary sulfonamides is 1. The van der Waals surface area contributed by atoms with Gasteiger partial charge >= 0.3 is 11.9 Å². The van der Waals surface area contributed by atoms with Crippen LogP contribution in [0.3, 0.4) is 0 Å². The molecule has 3 rings (SSSR count). The zero-order chi connectivity index (χ0) is 18.1. The van der Waals surface area contributed by atoms with E-state index in [9.17, 15) is 18.0 Å². The van der Waals surface area contributed by atoms with Gasteiger partial charge in [0.1, 0.15) is 0 Å². The van der Waals surface area contributed by atoms with Crippen molar-refractivity contribution in [1.82, 2.24) is 0 Å². The maximum Gasteiger partial charge on any atom is 0.329 e. The van der Waals surface area contributed by atoms with Gasteiger partial charge in [-0.15, -0.1) is 0 Å². The molecule has 9 heteroatoms. The van der Waals surface area contributed by atoms with Crippen LogP contribution >= 0.6 is 0 Å². The van der Waals surface area contributed by atoms with Crippen LogP contribution in [-0.4, -0.2) is 32.4 Å². The second-order valence-corrected chi connectivity index (χ2v) is 7.67. The first kappa shape index (κ1) is 17.6. The third-order valence-electron chi connectivity index (χ3n) is 4.23. The molecule has 0 unspecified atom stereocenters. The summed E-state index contributed by atoms with van der Waals surface area (Å²) in [6.07, 6.45) is 4.89. The zero-order valence-electron chi connectivity index (χ0n) is 13.4. The number of carbonyl (C=O) groups excluding carboxylic acids is 2. The topological polar surface area (TPSA) is 125 Å². The van der Waals surface area contributed by atoms with Crippen LogP contribution in [-0.2, 0) is 29.1 Å². The molecule has 0 bridgehead atoms. The summed E-state index contributed by atoms with van der Waals surface area (Å²) in [6, 6.07) is 5.41. The van der Waals surface area contributed by atoms with Crippen LogP contribution in [0.1, 0.15) is 32.1 Å². The normalized spacial score (nSPS) is 21.3. The van der Waals surface area contributed by atoms with Crippen molar-refractivity contribution >= 4 is 33.9 Å². The Morgan fingerprint density at radius 1 is 1.04 bits per heavy atom. The van der Waals surface area contributed by atoms with Crippen LogP contribution in [0.4, 0.5) is 5.69 Å². The second-order valence-electron chi connectivity index (χ2n) is 6.11. The maximum absolute atomic E-state index is 12.2. The summed E-state index contributed by atoms with van der Waals surface area (Å²) in [5, 5.41) is 5.01. The van der Waals surface area contributed by atoms with Crippen LogP contribution in [0.25, 0.3) is 0 Å². The lowest BCUT2D eigenvalue weighted by atomic mass is 9.92. The Hall–Kier alpha value is -2.26. The van der Waals surface area contributed by atoms with Gasteiger partial charge in [-0.05, 0) is 37.1 Å². The van der Waals surface area contributed by atoms with Crippen molar-refractivity contribution in [2.75, 3.05) is 0 Å². The van der Waals surface area contributed by atoms with Crippen LogP contribution in [0, 0.1) is 5.92 Å². The fourth-order valence-electron chi connectivity index (χ4n) is 2.91. The lowest BCUT2D eigenvalue weighted by Gasteiger charge is -2.39. The van der Waals surface area contributed by atoms with E-state index in [0.29, 0.717) is 18.5 Å². The molecule has 0 aromatic heterocycles. The Balaban J connectivity index is 1.71. The van der Waals surface area contributed by atoms with Crippen molar-refractivity contribution in [3.63, 3.8) is 0 Å². The number of carbonyl (C=O) groups is 2. The fourth-order valence-corrected chi connectivity index (χ4v) is 3.42. The van der Waals surface area contributed by atoms with Gasteiger partial charge in [0.25, 0.3) is 5.79 Å². The van der Waals surface area contributed by atoms with E-state index in [1.54, 1.807) is 0 Å². The molecule has 25 heavy (non-hydrogen) atoms. The lowest BCUT2D eigenvalue weighted by Crippen LogP contribution is -2.51. The summed E-state index contributed by atoms with van der Waals surface area (Å²) in [5.74, 6) is -3.70. The summed E-state index contributed by atoms with van der Waals surface area (Å²) >= 11 is 0. The average molecular weight is 366 g/mol. The number of ether oxygens (including phenoxy) is 2. The molecule has 8 nitrogen and oxygen atoms in total. The van der Waals surface area contributed by atoms with Gasteiger partial charge in [0.05, 0.1) is 10.6 Å². The standard InChI is InChI=1S/C16H18N2O6S/c17-25(21,22)12-6-4-11(5-7-12)18-10-13-14(19)23-16(24-15(13)20)8-2-1-3-9-16/h4-7,10,13H,1-3,8-9H2,(H2,17,21,22). The van der Waals surface area contributed by atoms with E-state index in [2.05, 4.69) is 4.99 Å². The molecule has 1 saturated heterocycles. The zero-order valence-corrected chi connectivity index (χ0v) is 14.2. The van der Waals surface area contributed by atoms with Gasteiger partial charge in [-0.25, -0.2) is 13.6 Å². The van der Waals surface area contributed by atoms with E-state index in [1.807, 2.05) is 0 Å². The van der Waals surface area contributed by atoms with Crippen LogP contribution < -0.4 is 5.14 Å².